The van der Waals surface area contributed by atoms with Crippen molar-refractivity contribution >= 4 is 0 Å². The van der Waals surface area contributed by atoms with Gasteiger partial charge in [0.15, 0.2) is 0 Å². The highest BCUT2D eigenvalue weighted by Crippen LogP contribution is 2.32. The summed E-state index contributed by atoms with van der Waals surface area (Å²) in [5.74, 6) is 8.00. The maximum absolute atomic E-state index is 4.00. The van der Waals surface area contributed by atoms with E-state index in [-0.39, 0.29) is 0 Å². The van der Waals surface area contributed by atoms with Crippen LogP contribution in [0.15, 0.2) is 24.3 Å². The second-order valence-electron chi connectivity index (χ2n) is 1.58. The number of fused-ring (bicyclic) bond motifs is 1. The molecule has 0 aromatic rings. The maximum atomic E-state index is 4.00. The highest BCUT2D eigenvalue weighted by molar-refractivity contribution is 5.80. The van der Waals surface area contributed by atoms with E-state index in [9.17, 15) is 0 Å². The van der Waals surface area contributed by atoms with Crippen LogP contribution < -0.4 is 11.7 Å². The predicted octanol–water partition coefficient (Wildman–Crippen LogP) is 0.486. The zero-order valence-corrected chi connectivity index (χ0v) is 4.46. The quantitative estimate of drug-likeness (QED) is 0.381. The topological polar surface area (TPSA) is 52.0 Å². The van der Waals surface area contributed by atoms with Crippen molar-refractivity contribution < 1.29 is 0 Å². The largest absolute Gasteiger partial charge is 0.274 e. The Morgan fingerprint density at radius 3 is 1.62 bits per heavy atom. The van der Waals surface area contributed by atoms with Crippen molar-refractivity contribution in [1.82, 2.24) is 0 Å². The van der Waals surface area contributed by atoms with Gasteiger partial charge in [0.2, 0.25) is 0 Å². The third-order valence-corrected chi connectivity index (χ3v) is 1.11. The molecule has 0 atom stereocenters. The molecule has 0 aliphatic heterocycles. The molecule has 2 aliphatic rings. The average molecular weight is 108 g/mol. The lowest BCUT2D eigenvalue weighted by Crippen LogP contribution is -2.02. The molecular weight excluding hydrogens is 100 g/mol. The van der Waals surface area contributed by atoms with Gasteiger partial charge in [-0.3, -0.25) is 11.7 Å². The molecular formula is C6H8N2. The first kappa shape index (κ1) is 5.28. The Bertz CT molecular complexity index is 166. The third-order valence-electron chi connectivity index (χ3n) is 1.11. The molecule has 0 bridgehead atoms. The Morgan fingerprint density at radius 1 is 1.00 bits per heavy atom. The van der Waals surface area contributed by atoms with Gasteiger partial charge in [-0.2, -0.15) is 0 Å². The summed E-state index contributed by atoms with van der Waals surface area (Å²) >= 11 is 0. The van der Waals surface area contributed by atoms with Gasteiger partial charge in [0, 0.05) is 0 Å². The van der Waals surface area contributed by atoms with Crippen LogP contribution in [0.1, 0.15) is 0 Å². The molecule has 0 spiro atoms. The van der Waals surface area contributed by atoms with Gasteiger partial charge in [-0.05, 0) is 17.2 Å². The molecule has 0 saturated heterocycles. The van der Waals surface area contributed by atoms with Crippen LogP contribution in [0.5, 0.6) is 0 Å². The fraction of sp³-hybridized carbons (Fsp3) is 0. The number of hydrogen-bond donors (Lipinski definition) is 2. The van der Waals surface area contributed by atoms with Crippen molar-refractivity contribution in [3.05, 3.63) is 24.3 Å². The normalized spacial score (nSPS) is 9.25. The van der Waals surface area contributed by atoms with Crippen molar-refractivity contribution in [3.8, 4) is 11.1 Å². The molecule has 0 amide bonds. The minimum absolute atomic E-state index is 1.43. The van der Waals surface area contributed by atoms with Crippen LogP contribution in [0.2, 0.25) is 0 Å². The monoisotopic (exact) mass is 108 g/mol. The second kappa shape index (κ2) is 1.94. The van der Waals surface area contributed by atoms with Gasteiger partial charge in [-0.15, -0.1) is 0 Å². The molecule has 0 radical (unpaired) electrons. The van der Waals surface area contributed by atoms with Crippen LogP contribution in [0.25, 0.3) is 11.1 Å². The van der Waals surface area contributed by atoms with Crippen molar-refractivity contribution in [1.29, 1.82) is 0 Å². The number of hydrazine groups is 1. The maximum Gasteiger partial charge on any atom is -0.0178 e. The standard InChI is InChI=1S/C6H4.H4N2/c1-2-5-4-6(5)3-1;1-2/h1-4H;1-2H2. The van der Waals surface area contributed by atoms with E-state index >= 15 is 0 Å². The van der Waals surface area contributed by atoms with E-state index in [2.05, 4.69) is 36.0 Å². The lowest BCUT2D eigenvalue weighted by atomic mass is 10.6. The first-order chi connectivity index (χ1) is 3.97. The Morgan fingerprint density at radius 2 is 1.50 bits per heavy atom. The van der Waals surface area contributed by atoms with Crippen LogP contribution in [-0.2, 0) is 0 Å². The Balaban J connectivity index is 0.000000147. The van der Waals surface area contributed by atoms with Gasteiger partial charge in [-0.1, -0.05) is 18.2 Å². The van der Waals surface area contributed by atoms with E-state index in [1.807, 2.05) is 0 Å². The summed E-state index contributed by atoms with van der Waals surface area (Å²) < 4.78 is 0. The summed E-state index contributed by atoms with van der Waals surface area (Å²) in [4.78, 5) is 0. The Hall–Kier alpha value is -0.860. The summed E-state index contributed by atoms with van der Waals surface area (Å²) in [7, 11) is 0. The molecule has 42 valence electrons. The molecule has 8 heavy (non-hydrogen) atoms. The predicted molar refractivity (Wildman–Crippen MR) is 33.8 cm³/mol. The minimum Gasteiger partial charge on any atom is -0.274 e. The summed E-state index contributed by atoms with van der Waals surface area (Å²) in [5, 5.41) is 0. The van der Waals surface area contributed by atoms with Gasteiger partial charge in [-0.25, -0.2) is 0 Å². The number of hydrogen-bond acceptors (Lipinski definition) is 2. The Labute approximate surface area is 48.1 Å². The smallest absolute Gasteiger partial charge is 0.0178 e. The van der Waals surface area contributed by atoms with E-state index in [0.29, 0.717) is 0 Å². The van der Waals surface area contributed by atoms with Crippen molar-refractivity contribution in [2.45, 2.75) is 0 Å². The molecule has 0 unspecified atom stereocenters. The van der Waals surface area contributed by atoms with Gasteiger partial charge in [0.05, 0.1) is 0 Å². The van der Waals surface area contributed by atoms with E-state index in [0.717, 1.165) is 0 Å². The van der Waals surface area contributed by atoms with Crippen molar-refractivity contribution in [2.24, 2.45) is 11.7 Å². The number of rotatable bonds is 0. The molecule has 2 rings (SSSR count). The third kappa shape index (κ3) is 0.710. The molecule has 4 N–H and O–H groups in total. The van der Waals surface area contributed by atoms with Crippen LogP contribution in [0.3, 0.4) is 0 Å². The number of benzene rings is 1. The van der Waals surface area contributed by atoms with Crippen LogP contribution in [0, 0.1) is 0 Å². The van der Waals surface area contributed by atoms with E-state index in [1.165, 1.54) is 11.1 Å². The highest BCUT2D eigenvalue weighted by atomic mass is 15.0. The molecule has 2 aliphatic carbocycles. The zero-order valence-electron chi connectivity index (χ0n) is 4.46. The molecule has 0 fully saturated rings. The summed E-state index contributed by atoms with van der Waals surface area (Å²) in [6.07, 6.45) is 0. The van der Waals surface area contributed by atoms with Gasteiger partial charge in [0.1, 0.15) is 0 Å². The van der Waals surface area contributed by atoms with Crippen molar-refractivity contribution in [2.75, 3.05) is 0 Å². The second-order valence-corrected chi connectivity index (χ2v) is 1.58. The lowest BCUT2D eigenvalue weighted by Gasteiger charge is -1.48. The summed E-state index contributed by atoms with van der Waals surface area (Å²) in [6.45, 7) is 0. The first-order valence-electron chi connectivity index (χ1n) is 2.40. The Kier molecular flexibility index (Phi) is 1.28. The summed E-state index contributed by atoms with van der Waals surface area (Å²) in [5.41, 5.74) is 2.85. The molecule has 2 heteroatoms. The van der Waals surface area contributed by atoms with Crippen LogP contribution in [-0.4, -0.2) is 0 Å². The van der Waals surface area contributed by atoms with E-state index < -0.39 is 0 Å². The number of nitrogens with two attached hydrogens (primary N) is 2. The lowest BCUT2D eigenvalue weighted by molar-refractivity contribution is 1.26. The summed E-state index contributed by atoms with van der Waals surface area (Å²) in [6, 6.07) is 8.48. The molecule has 0 aromatic carbocycles. The van der Waals surface area contributed by atoms with Gasteiger partial charge >= 0.3 is 0 Å². The fourth-order valence-corrected chi connectivity index (χ4v) is 0.676. The fourth-order valence-electron chi connectivity index (χ4n) is 0.676. The molecule has 0 saturated carbocycles. The van der Waals surface area contributed by atoms with Gasteiger partial charge in [0.25, 0.3) is 0 Å². The van der Waals surface area contributed by atoms with Crippen molar-refractivity contribution in [3.63, 3.8) is 0 Å². The van der Waals surface area contributed by atoms with Crippen LogP contribution >= 0.6 is 0 Å². The average Bonchev–Trinajstić information content (AvgIpc) is 2.46. The van der Waals surface area contributed by atoms with E-state index in [1.54, 1.807) is 0 Å². The SMILES string of the molecule is NN.c1cc2cc-2c1. The van der Waals surface area contributed by atoms with Crippen LogP contribution in [0.4, 0.5) is 0 Å². The molecule has 0 aromatic heterocycles. The molecule has 0 heterocycles. The van der Waals surface area contributed by atoms with E-state index in [4.69, 9.17) is 0 Å². The zero-order chi connectivity index (χ0) is 5.98. The molecule has 2 nitrogen and oxygen atoms in total. The first-order valence-corrected chi connectivity index (χ1v) is 2.40. The van der Waals surface area contributed by atoms with Gasteiger partial charge < -0.3 is 0 Å². The minimum atomic E-state index is 1.43. The highest BCUT2D eigenvalue weighted by Gasteiger charge is 2.06.